The average Bonchev–Trinajstić information content (AvgIpc) is 3.16. The van der Waals surface area contributed by atoms with Gasteiger partial charge in [0.05, 0.1) is 12.5 Å². The SMILES string of the molecule is CC(c1cccs1)N(C)C(=O)Cc1c[nH]c2ccccc12. The van der Waals surface area contributed by atoms with Gasteiger partial charge in [0.25, 0.3) is 0 Å². The number of aromatic nitrogens is 1. The van der Waals surface area contributed by atoms with Gasteiger partial charge in [-0.25, -0.2) is 0 Å². The quantitative estimate of drug-likeness (QED) is 0.776. The van der Waals surface area contributed by atoms with E-state index in [4.69, 9.17) is 0 Å². The van der Waals surface area contributed by atoms with E-state index in [0.29, 0.717) is 6.42 Å². The van der Waals surface area contributed by atoms with Crippen LogP contribution in [0.3, 0.4) is 0 Å². The van der Waals surface area contributed by atoms with Crippen LogP contribution in [0.25, 0.3) is 10.9 Å². The third-order valence-electron chi connectivity index (χ3n) is 3.95. The van der Waals surface area contributed by atoms with Gasteiger partial charge < -0.3 is 9.88 Å². The second-order valence-corrected chi connectivity index (χ2v) is 6.21. The number of para-hydroxylation sites is 1. The molecule has 21 heavy (non-hydrogen) atoms. The maximum atomic E-state index is 12.5. The van der Waals surface area contributed by atoms with E-state index < -0.39 is 0 Å². The van der Waals surface area contributed by atoms with Gasteiger partial charge in [0.15, 0.2) is 0 Å². The number of rotatable bonds is 4. The smallest absolute Gasteiger partial charge is 0.227 e. The molecule has 108 valence electrons. The molecule has 0 saturated carbocycles. The molecule has 0 aliphatic carbocycles. The summed E-state index contributed by atoms with van der Waals surface area (Å²) in [7, 11) is 1.88. The molecule has 0 aliphatic heterocycles. The first kappa shape index (κ1) is 13.9. The predicted octanol–water partition coefficient (Wildman–Crippen LogP) is 3.99. The molecule has 0 saturated heterocycles. The van der Waals surface area contributed by atoms with Crippen molar-refractivity contribution in [2.45, 2.75) is 19.4 Å². The second kappa shape index (κ2) is 5.74. The molecule has 0 fully saturated rings. The molecule has 3 nitrogen and oxygen atoms in total. The Bertz CT molecular complexity index is 745. The van der Waals surface area contributed by atoms with Crippen molar-refractivity contribution >= 4 is 28.1 Å². The zero-order valence-corrected chi connectivity index (χ0v) is 13.0. The van der Waals surface area contributed by atoms with Crippen LogP contribution in [0.4, 0.5) is 0 Å². The lowest BCUT2D eigenvalue weighted by Gasteiger charge is -2.24. The summed E-state index contributed by atoms with van der Waals surface area (Å²) in [6.45, 7) is 2.07. The third-order valence-corrected chi connectivity index (χ3v) is 4.99. The molecule has 2 heterocycles. The van der Waals surface area contributed by atoms with Crippen molar-refractivity contribution in [3.63, 3.8) is 0 Å². The first-order valence-corrected chi connectivity index (χ1v) is 7.89. The number of hydrogen-bond donors (Lipinski definition) is 1. The van der Waals surface area contributed by atoms with E-state index in [-0.39, 0.29) is 11.9 Å². The summed E-state index contributed by atoms with van der Waals surface area (Å²) >= 11 is 1.69. The molecule has 3 aromatic rings. The number of nitrogens with zero attached hydrogens (tertiary/aromatic N) is 1. The Hall–Kier alpha value is -2.07. The van der Waals surface area contributed by atoms with E-state index in [9.17, 15) is 4.79 Å². The molecule has 1 amide bonds. The number of likely N-dealkylation sites (N-methyl/N-ethyl adjacent to an activating group) is 1. The van der Waals surface area contributed by atoms with Crippen molar-refractivity contribution in [1.29, 1.82) is 0 Å². The van der Waals surface area contributed by atoms with Gasteiger partial charge in [0, 0.05) is 29.0 Å². The van der Waals surface area contributed by atoms with Crippen LogP contribution in [0.1, 0.15) is 23.4 Å². The number of aromatic amines is 1. The van der Waals surface area contributed by atoms with Crippen LogP contribution >= 0.6 is 11.3 Å². The van der Waals surface area contributed by atoms with Gasteiger partial charge in [-0.3, -0.25) is 4.79 Å². The minimum absolute atomic E-state index is 0.114. The number of carbonyl (C=O) groups excluding carboxylic acids is 1. The first-order chi connectivity index (χ1) is 10.2. The van der Waals surface area contributed by atoms with Crippen LogP contribution in [0.2, 0.25) is 0 Å². The molecular weight excluding hydrogens is 280 g/mol. The van der Waals surface area contributed by atoms with Crippen molar-refractivity contribution in [1.82, 2.24) is 9.88 Å². The van der Waals surface area contributed by atoms with E-state index in [2.05, 4.69) is 24.0 Å². The van der Waals surface area contributed by atoms with Crippen LogP contribution in [0.15, 0.2) is 48.0 Å². The van der Waals surface area contributed by atoms with Crippen molar-refractivity contribution in [2.75, 3.05) is 7.05 Å². The summed E-state index contributed by atoms with van der Waals surface area (Å²) in [6.07, 6.45) is 2.36. The van der Waals surface area contributed by atoms with E-state index in [1.165, 1.54) is 4.88 Å². The predicted molar refractivity (Wildman–Crippen MR) is 87.5 cm³/mol. The second-order valence-electron chi connectivity index (χ2n) is 5.23. The molecule has 2 aromatic heterocycles. The lowest BCUT2D eigenvalue weighted by atomic mass is 10.1. The topological polar surface area (TPSA) is 36.1 Å². The molecule has 4 heteroatoms. The highest BCUT2D eigenvalue weighted by Gasteiger charge is 2.19. The number of carbonyl (C=O) groups is 1. The summed E-state index contributed by atoms with van der Waals surface area (Å²) < 4.78 is 0. The van der Waals surface area contributed by atoms with Gasteiger partial charge >= 0.3 is 0 Å². The number of H-pyrrole nitrogens is 1. The summed E-state index contributed by atoms with van der Waals surface area (Å²) in [5.74, 6) is 0.139. The normalized spacial score (nSPS) is 12.5. The number of fused-ring (bicyclic) bond motifs is 1. The molecule has 0 bridgehead atoms. The fourth-order valence-corrected chi connectivity index (χ4v) is 3.33. The third kappa shape index (κ3) is 2.72. The minimum Gasteiger partial charge on any atom is -0.361 e. The summed E-state index contributed by atoms with van der Waals surface area (Å²) in [6, 6.07) is 12.3. The van der Waals surface area contributed by atoms with Gasteiger partial charge in [-0.15, -0.1) is 11.3 Å². The highest BCUT2D eigenvalue weighted by atomic mass is 32.1. The Morgan fingerprint density at radius 3 is 2.86 bits per heavy atom. The molecule has 1 N–H and O–H groups in total. The molecule has 0 radical (unpaired) electrons. The van der Waals surface area contributed by atoms with Crippen LogP contribution in [-0.4, -0.2) is 22.8 Å². The number of amides is 1. The molecule has 0 spiro atoms. The Balaban J connectivity index is 1.77. The summed E-state index contributed by atoms with van der Waals surface area (Å²) in [4.78, 5) is 18.8. The number of nitrogens with one attached hydrogen (secondary N) is 1. The number of benzene rings is 1. The van der Waals surface area contributed by atoms with Crippen molar-refractivity contribution < 1.29 is 4.79 Å². The number of thiophene rings is 1. The van der Waals surface area contributed by atoms with E-state index >= 15 is 0 Å². The van der Waals surface area contributed by atoms with Gasteiger partial charge in [-0.1, -0.05) is 24.3 Å². The highest BCUT2D eigenvalue weighted by Crippen LogP contribution is 2.25. The first-order valence-electron chi connectivity index (χ1n) is 7.01. The fourth-order valence-electron chi connectivity index (χ4n) is 2.50. The van der Waals surface area contributed by atoms with Crippen LogP contribution < -0.4 is 0 Å². The summed E-state index contributed by atoms with van der Waals surface area (Å²) in [5.41, 5.74) is 2.13. The van der Waals surface area contributed by atoms with Gasteiger partial charge in [0.1, 0.15) is 0 Å². The molecular formula is C17H18N2OS. The fraction of sp³-hybridized carbons (Fsp3) is 0.235. The van der Waals surface area contributed by atoms with Gasteiger partial charge in [-0.2, -0.15) is 0 Å². The van der Waals surface area contributed by atoms with Gasteiger partial charge in [0.2, 0.25) is 5.91 Å². The van der Waals surface area contributed by atoms with Crippen molar-refractivity contribution in [2.24, 2.45) is 0 Å². The van der Waals surface area contributed by atoms with Gasteiger partial charge in [-0.05, 0) is 30.0 Å². The zero-order valence-electron chi connectivity index (χ0n) is 12.2. The largest absolute Gasteiger partial charge is 0.361 e. The maximum Gasteiger partial charge on any atom is 0.227 e. The molecule has 1 atom stereocenters. The van der Waals surface area contributed by atoms with Crippen LogP contribution in [-0.2, 0) is 11.2 Å². The van der Waals surface area contributed by atoms with E-state index in [1.54, 1.807) is 11.3 Å². The number of hydrogen-bond acceptors (Lipinski definition) is 2. The Morgan fingerprint density at radius 2 is 2.10 bits per heavy atom. The Morgan fingerprint density at radius 1 is 1.29 bits per heavy atom. The van der Waals surface area contributed by atoms with Crippen LogP contribution in [0.5, 0.6) is 0 Å². The Labute approximate surface area is 128 Å². The molecule has 3 rings (SSSR count). The standard InChI is InChI=1S/C17H18N2OS/c1-12(16-8-5-9-21-16)19(2)17(20)10-13-11-18-15-7-4-3-6-14(13)15/h3-9,11-12,18H,10H2,1-2H3. The van der Waals surface area contributed by atoms with Crippen molar-refractivity contribution in [3.8, 4) is 0 Å². The highest BCUT2D eigenvalue weighted by molar-refractivity contribution is 7.10. The molecule has 0 aliphatic rings. The van der Waals surface area contributed by atoms with E-state index in [0.717, 1.165) is 16.5 Å². The zero-order chi connectivity index (χ0) is 14.8. The lowest BCUT2D eigenvalue weighted by Crippen LogP contribution is -2.30. The van der Waals surface area contributed by atoms with Crippen molar-refractivity contribution in [3.05, 3.63) is 58.4 Å². The minimum atomic E-state index is 0.114. The lowest BCUT2D eigenvalue weighted by molar-refractivity contribution is -0.131. The average molecular weight is 298 g/mol. The van der Waals surface area contributed by atoms with E-state index in [1.807, 2.05) is 47.8 Å². The monoisotopic (exact) mass is 298 g/mol. The molecule has 1 unspecified atom stereocenters. The van der Waals surface area contributed by atoms with Crippen LogP contribution in [0, 0.1) is 0 Å². The summed E-state index contributed by atoms with van der Waals surface area (Å²) in [5, 5.41) is 3.17. The maximum absolute atomic E-state index is 12.5. The Kier molecular flexibility index (Phi) is 3.80. The molecule has 1 aromatic carbocycles.